The molecule has 1 saturated heterocycles. The predicted octanol–water partition coefficient (Wildman–Crippen LogP) is 2.17. The molecule has 1 unspecified atom stereocenters. The van der Waals surface area contributed by atoms with Crippen molar-refractivity contribution in [3.8, 4) is 0 Å². The first-order chi connectivity index (χ1) is 8.21. The Morgan fingerprint density at radius 3 is 2.65 bits per heavy atom. The number of nitrogens with one attached hydrogen (secondary N) is 1. The van der Waals surface area contributed by atoms with E-state index in [-0.39, 0.29) is 6.04 Å². The molecule has 3 nitrogen and oxygen atoms in total. The molecule has 3 heteroatoms. The highest BCUT2D eigenvalue weighted by Crippen LogP contribution is 2.42. The number of hydrogen-bond donors (Lipinski definition) is 1. The van der Waals surface area contributed by atoms with Crippen molar-refractivity contribution in [2.75, 3.05) is 19.6 Å². The molecule has 1 N–H and O–H groups in total. The minimum absolute atomic E-state index is 0.0929. The zero-order valence-electron chi connectivity index (χ0n) is 11.3. The molecule has 1 saturated carbocycles. The van der Waals surface area contributed by atoms with Crippen molar-refractivity contribution in [1.82, 2.24) is 10.2 Å². The van der Waals surface area contributed by atoms with Gasteiger partial charge in [0.2, 0.25) is 5.91 Å². The zero-order valence-corrected chi connectivity index (χ0v) is 11.3. The van der Waals surface area contributed by atoms with Crippen LogP contribution in [0.5, 0.6) is 0 Å². The quantitative estimate of drug-likeness (QED) is 0.796. The molecule has 0 bridgehead atoms. The Kier molecular flexibility index (Phi) is 4.08. The van der Waals surface area contributed by atoms with Crippen molar-refractivity contribution in [2.24, 2.45) is 5.41 Å². The van der Waals surface area contributed by atoms with E-state index in [9.17, 15) is 4.79 Å². The highest BCUT2D eigenvalue weighted by Gasteiger charge is 2.39. The average molecular weight is 238 g/mol. The summed E-state index contributed by atoms with van der Waals surface area (Å²) in [6, 6.07) is 0.0929. The normalized spacial score (nSPS) is 28.0. The van der Waals surface area contributed by atoms with E-state index in [1.165, 1.54) is 32.1 Å². The Balaban J connectivity index is 1.93. The smallest absolute Gasteiger partial charge is 0.239 e. The van der Waals surface area contributed by atoms with Crippen molar-refractivity contribution in [1.29, 1.82) is 0 Å². The lowest BCUT2D eigenvalue weighted by molar-refractivity contribution is -0.130. The Morgan fingerprint density at radius 1 is 1.35 bits per heavy atom. The fourth-order valence-electron chi connectivity index (χ4n) is 3.49. The van der Waals surface area contributed by atoms with Gasteiger partial charge in [-0.1, -0.05) is 26.7 Å². The van der Waals surface area contributed by atoms with Crippen molar-refractivity contribution >= 4 is 5.91 Å². The summed E-state index contributed by atoms with van der Waals surface area (Å²) < 4.78 is 0. The predicted molar refractivity (Wildman–Crippen MR) is 69.9 cm³/mol. The molecule has 2 rings (SSSR count). The van der Waals surface area contributed by atoms with E-state index in [2.05, 4.69) is 24.1 Å². The summed E-state index contributed by atoms with van der Waals surface area (Å²) in [5.74, 6) is 0.339. The minimum atomic E-state index is 0.0929. The fraction of sp³-hybridized carbons (Fsp3) is 0.929. The van der Waals surface area contributed by atoms with E-state index in [1.807, 2.05) is 0 Å². The highest BCUT2D eigenvalue weighted by molar-refractivity contribution is 5.84. The van der Waals surface area contributed by atoms with Crippen LogP contribution in [0.4, 0.5) is 0 Å². The molecular formula is C14H26N2O. The Labute approximate surface area is 105 Å². The summed E-state index contributed by atoms with van der Waals surface area (Å²) in [4.78, 5) is 14.3. The summed E-state index contributed by atoms with van der Waals surface area (Å²) in [6.07, 6.45) is 7.56. The topological polar surface area (TPSA) is 32.3 Å². The average Bonchev–Trinajstić information content (AvgIpc) is 2.92. The first-order valence-corrected chi connectivity index (χ1v) is 7.23. The second-order valence-electron chi connectivity index (χ2n) is 5.72. The third kappa shape index (κ3) is 2.65. The van der Waals surface area contributed by atoms with Gasteiger partial charge in [-0.15, -0.1) is 0 Å². The largest absolute Gasteiger partial charge is 0.341 e. The van der Waals surface area contributed by atoms with E-state index in [0.717, 1.165) is 26.1 Å². The van der Waals surface area contributed by atoms with Gasteiger partial charge in [-0.2, -0.15) is 0 Å². The van der Waals surface area contributed by atoms with E-state index in [1.54, 1.807) is 0 Å². The van der Waals surface area contributed by atoms with Crippen molar-refractivity contribution in [2.45, 2.75) is 58.4 Å². The van der Waals surface area contributed by atoms with Crippen LogP contribution in [-0.2, 0) is 4.79 Å². The van der Waals surface area contributed by atoms with Crippen molar-refractivity contribution in [3.63, 3.8) is 0 Å². The van der Waals surface area contributed by atoms with Crippen molar-refractivity contribution in [3.05, 3.63) is 0 Å². The molecule has 1 heterocycles. The molecule has 0 aromatic carbocycles. The summed E-state index contributed by atoms with van der Waals surface area (Å²) in [5.41, 5.74) is 0.441. The zero-order chi connectivity index (χ0) is 12.3. The first-order valence-electron chi connectivity index (χ1n) is 7.23. The number of nitrogens with zero attached hydrogens (tertiary/aromatic N) is 1. The lowest BCUT2D eigenvalue weighted by Crippen LogP contribution is -2.42. The van der Waals surface area contributed by atoms with Crippen LogP contribution in [0, 0.1) is 5.41 Å². The second-order valence-corrected chi connectivity index (χ2v) is 5.72. The first kappa shape index (κ1) is 12.9. The number of likely N-dealkylation sites (N-methyl/N-ethyl adjacent to an activating group) is 1. The molecule has 2 fully saturated rings. The number of amides is 1. The monoisotopic (exact) mass is 238 g/mol. The molecule has 98 valence electrons. The molecule has 0 aromatic rings. The van der Waals surface area contributed by atoms with Gasteiger partial charge in [-0.3, -0.25) is 4.79 Å². The van der Waals surface area contributed by atoms with Crippen LogP contribution in [0.2, 0.25) is 0 Å². The van der Waals surface area contributed by atoms with Gasteiger partial charge >= 0.3 is 0 Å². The van der Waals surface area contributed by atoms with Crippen LogP contribution < -0.4 is 5.32 Å². The number of rotatable bonds is 5. The molecule has 0 spiro atoms. The summed E-state index contributed by atoms with van der Waals surface area (Å²) >= 11 is 0. The summed E-state index contributed by atoms with van der Waals surface area (Å²) in [6.45, 7) is 7.21. The second kappa shape index (κ2) is 5.38. The van der Waals surface area contributed by atoms with Gasteiger partial charge in [-0.05, 0) is 37.6 Å². The Hall–Kier alpha value is -0.570. The third-order valence-corrected chi connectivity index (χ3v) is 4.69. The molecule has 1 atom stereocenters. The maximum Gasteiger partial charge on any atom is 0.239 e. The molecule has 17 heavy (non-hydrogen) atoms. The highest BCUT2D eigenvalue weighted by atomic mass is 16.2. The van der Waals surface area contributed by atoms with Crippen LogP contribution in [0.15, 0.2) is 0 Å². The van der Waals surface area contributed by atoms with E-state index >= 15 is 0 Å². The standard InChI is InChI=1S/C14H26N2O/c1-3-14(8-5-6-9-14)11-16-10-7-12(13(16)17)15-4-2/h12,15H,3-11H2,1-2H3. The van der Waals surface area contributed by atoms with Crippen LogP contribution >= 0.6 is 0 Å². The molecule has 0 aromatic heterocycles. The van der Waals surface area contributed by atoms with E-state index in [4.69, 9.17) is 0 Å². The van der Waals surface area contributed by atoms with Crippen LogP contribution in [0.25, 0.3) is 0 Å². The van der Waals surface area contributed by atoms with Gasteiger partial charge < -0.3 is 10.2 Å². The van der Waals surface area contributed by atoms with Gasteiger partial charge in [0.1, 0.15) is 0 Å². The van der Waals surface area contributed by atoms with Gasteiger partial charge in [0, 0.05) is 13.1 Å². The third-order valence-electron chi connectivity index (χ3n) is 4.69. The molecule has 1 amide bonds. The van der Waals surface area contributed by atoms with Crippen LogP contribution in [-0.4, -0.2) is 36.5 Å². The Morgan fingerprint density at radius 2 is 2.06 bits per heavy atom. The van der Waals surface area contributed by atoms with Crippen LogP contribution in [0.1, 0.15) is 52.4 Å². The summed E-state index contributed by atoms with van der Waals surface area (Å²) in [7, 11) is 0. The van der Waals surface area contributed by atoms with Crippen LogP contribution in [0.3, 0.4) is 0 Å². The van der Waals surface area contributed by atoms with E-state index < -0.39 is 0 Å². The minimum Gasteiger partial charge on any atom is -0.341 e. The van der Waals surface area contributed by atoms with Crippen molar-refractivity contribution < 1.29 is 4.79 Å². The number of hydrogen-bond acceptors (Lipinski definition) is 2. The molecule has 0 radical (unpaired) electrons. The molecule has 1 aliphatic heterocycles. The number of likely N-dealkylation sites (tertiary alicyclic amines) is 1. The molecule has 1 aliphatic carbocycles. The molecule has 2 aliphatic rings. The summed E-state index contributed by atoms with van der Waals surface area (Å²) in [5, 5.41) is 3.29. The number of carbonyl (C=O) groups is 1. The SMILES string of the molecule is CCNC1CCN(CC2(CC)CCCC2)C1=O. The lowest BCUT2D eigenvalue weighted by Gasteiger charge is -2.32. The van der Waals surface area contributed by atoms with Gasteiger partial charge in [0.05, 0.1) is 6.04 Å². The maximum absolute atomic E-state index is 12.2. The lowest BCUT2D eigenvalue weighted by atomic mass is 9.83. The van der Waals surface area contributed by atoms with Gasteiger partial charge in [0.25, 0.3) is 0 Å². The Bertz CT molecular complexity index is 271. The molecular weight excluding hydrogens is 212 g/mol. The van der Waals surface area contributed by atoms with Gasteiger partial charge in [-0.25, -0.2) is 0 Å². The van der Waals surface area contributed by atoms with Gasteiger partial charge in [0.15, 0.2) is 0 Å². The number of carbonyl (C=O) groups excluding carboxylic acids is 1. The van der Waals surface area contributed by atoms with E-state index in [0.29, 0.717) is 11.3 Å². The fourth-order valence-corrected chi connectivity index (χ4v) is 3.49. The maximum atomic E-state index is 12.2.